The summed E-state index contributed by atoms with van der Waals surface area (Å²) in [6.45, 7) is 0. The number of nitrogens with one attached hydrogen (secondary N) is 1. The van der Waals surface area contributed by atoms with Crippen LogP contribution >= 0.6 is 0 Å². The molecule has 5 nitrogen and oxygen atoms in total. The maximum absolute atomic E-state index is 10.3. The summed E-state index contributed by atoms with van der Waals surface area (Å²) < 4.78 is 30.7. The Morgan fingerprint density at radius 2 is 1.92 bits per heavy atom. The van der Waals surface area contributed by atoms with E-state index in [0.29, 0.717) is 0 Å². The molecule has 0 aliphatic rings. The average Bonchev–Trinajstić information content (AvgIpc) is 1.82. The minimum absolute atomic E-state index is 0. The quantitative estimate of drug-likeness (QED) is 0.475. The molecule has 0 saturated carbocycles. The van der Waals surface area contributed by atoms with Crippen LogP contribution in [0.15, 0.2) is 24.3 Å². The van der Waals surface area contributed by atoms with Gasteiger partial charge in [0.25, 0.3) is 0 Å². The van der Waals surface area contributed by atoms with Crippen LogP contribution in [0.1, 0.15) is 0 Å². The van der Waals surface area contributed by atoms with Crippen LogP contribution < -0.4 is 4.72 Å². The summed E-state index contributed by atoms with van der Waals surface area (Å²) in [6, 6.07) is 5.40. The average molecular weight is 213 g/mol. The van der Waals surface area contributed by atoms with Crippen molar-refractivity contribution in [3.05, 3.63) is 24.3 Å². The zero-order chi connectivity index (χ0) is 9.19. The molecule has 0 spiro atoms. The predicted molar refractivity (Wildman–Crippen MR) is 50.4 cm³/mol. The van der Waals surface area contributed by atoms with E-state index in [2.05, 4.69) is 0 Å². The number of phenols is 1. The Hall–Kier alpha value is -0.270. The van der Waals surface area contributed by atoms with E-state index >= 15 is 0 Å². The van der Waals surface area contributed by atoms with Gasteiger partial charge in [-0.25, -0.2) is 0 Å². The third-order valence-electron chi connectivity index (χ3n) is 1.09. The molecule has 0 fully saturated rings. The molecule has 3 N–H and O–H groups in total. The summed E-state index contributed by atoms with van der Waals surface area (Å²) in [5, 5.41) is 8.89. The van der Waals surface area contributed by atoms with Gasteiger partial charge in [0.15, 0.2) is 0 Å². The Bertz CT molecular complexity index is 378. The van der Waals surface area contributed by atoms with E-state index in [1.807, 2.05) is 0 Å². The van der Waals surface area contributed by atoms with E-state index in [1.54, 1.807) is 4.72 Å². The molecule has 0 aliphatic carbocycles. The van der Waals surface area contributed by atoms with E-state index in [4.69, 9.17) is 9.66 Å². The van der Waals surface area contributed by atoms with E-state index in [0.717, 1.165) is 0 Å². The molecule has 0 radical (unpaired) electrons. The Morgan fingerprint density at radius 3 is 2.38 bits per heavy atom. The van der Waals surface area contributed by atoms with Crippen molar-refractivity contribution in [2.45, 2.75) is 0 Å². The molecule has 0 saturated heterocycles. The Morgan fingerprint density at radius 1 is 1.31 bits per heavy atom. The normalized spacial score (nSPS) is 10.2. The first-order valence-corrected chi connectivity index (χ1v) is 4.46. The molecule has 1 rings (SSSR count). The van der Waals surface area contributed by atoms with Crippen molar-refractivity contribution in [3.63, 3.8) is 0 Å². The molecule has 68 valence electrons. The van der Waals surface area contributed by atoms with Gasteiger partial charge in [-0.15, -0.1) is 0 Å². The topological polar surface area (TPSA) is 86.6 Å². The fourth-order valence-corrected chi connectivity index (χ4v) is 1.14. The molecule has 0 atom stereocenters. The molecule has 0 amide bonds. The summed E-state index contributed by atoms with van der Waals surface area (Å²) in [6.07, 6.45) is 0. The van der Waals surface area contributed by atoms with Gasteiger partial charge in [0.2, 0.25) is 0 Å². The number of phenolic OH excluding ortho intramolecular Hbond substituents is 1. The van der Waals surface area contributed by atoms with Gasteiger partial charge in [-0.05, 0) is 12.1 Å². The summed E-state index contributed by atoms with van der Waals surface area (Å²) in [7, 11) is -4.26. The number of hydrogen-bond donors (Lipinski definition) is 3. The van der Waals surface area contributed by atoms with Crippen LogP contribution in [-0.4, -0.2) is 47.6 Å². The molecule has 7 heteroatoms. The second-order valence-electron chi connectivity index (χ2n) is 2.13. The van der Waals surface area contributed by atoms with Gasteiger partial charge < -0.3 is 5.11 Å². The summed E-state index contributed by atoms with van der Waals surface area (Å²) in [5.41, 5.74) is 0.109. The van der Waals surface area contributed by atoms with Gasteiger partial charge in [-0.1, -0.05) is 6.07 Å². The molecule has 13 heavy (non-hydrogen) atoms. The van der Waals surface area contributed by atoms with Gasteiger partial charge in [-0.3, -0.25) is 9.27 Å². The van der Waals surface area contributed by atoms with Crippen molar-refractivity contribution in [2.75, 3.05) is 4.72 Å². The van der Waals surface area contributed by atoms with Gasteiger partial charge in [0, 0.05) is 6.07 Å². The molecule has 0 bridgehead atoms. The Labute approximate surface area is 98.0 Å². The number of rotatable bonds is 2. The van der Waals surface area contributed by atoms with Gasteiger partial charge in [-0.2, -0.15) is 8.42 Å². The summed E-state index contributed by atoms with van der Waals surface area (Å²) >= 11 is 0. The standard InChI is InChI=1S/C6H7NO4S.Na.H/c8-6-3-1-2-5(4-6)7-12(9,10)11;;/h1-4,7-8H,(H,9,10,11);;. The zero-order valence-corrected chi connectivity index (χ0v) is 6.75. The third kappa shape index (κ3) is 5.12. The van der Waals surface area contributed by atoms with Crippen molar-refractivity contribution in [1.29, 1.82) is 0 Å². The predicted octanol–water partition coefficient (Wildman–Crippen LogP) is -0.0416. The monoisotopic (exact) mass is 213 g/mol. The fourth-order valence-electron chi connectivity index (χ4n) is 0.718. The first-order chi connectivity index (χ1) is 5.47. The van der Waals surface area contributed by atoms with Crippen molar-refractivity contribution < 1.29 is 18.1 Å². The van der Waals surface area contributed by atoms with Gasteiger partial charge in [0.05, 0.1) is 5.69 Å². The van der Waals surface area contributed by atoms with Crippen LogP contribution in [0.25, 0.3) is 0 Å². The van der Waals surface area contributed by atoms with E-state index in [-0.39, 0.29) is 41.0 Å². The van der Waals surface area contributed by atoms with Gasteiger partial charge >= 0.3 is 39.9 Å². The van der Waals surface area contributed by atoms with E-state index < -0.39 is 10.3 Å². The number of aromatic hydroxyl groups is 1. The second-order valence-corrected chi connectivity index (χ2v) is 3.28. The van der Waals surface area contributed by atoms with Crippen LogP contribution in [0.4, 0.5) is 5.69 Å². The van der Waals surface area contributed by atoms with Crippen LogP contribution in [0.3, 0.4) is 0 Å². The maximum atomic E-state index is 10.3. The van der Waals surface area contributed by atoms with Crippen LogP contribution in [0.5, 0.6) is 5.75 Å². The molecule has 0 aliphatic heterocycles. The first-order valence-electron chi connectivity index (χ1n) is 3.02. The van der Waals surface area contributed by atoms with E-state index in [1.165, 1.54) is 24.3 Å². The zero-order valence-electron chi connectivity index (χ0n) is 5.93. The molecule has 0 heterocycles. The first kappa shape index (κ1) is 12.7. The molecule has 0 aromatic heterocycles. The van der Waals surface area contributed by atoms with Crippen molar-refractivity contribution >= 4 is 45.5 Å². The molecule has 1 aromatic rings. The Kier molecular flexibility index (Phi) is 4.72. The number of hydrogen-bond acceptors (Lipinski definition) is 3. The fraction of sp³-hybridized carbons (Fsp3) is 0. The molecular formula is C6H8NNaO4S. The van der Waals surface area contributed by atoms with Crippen molar-refractivity contribution in [2.24, 2.45) is 0 Å². The van der Waals surface area contributed by atoms with Crippen molar-refractivity contribution in [1.82, 2.24) is 0 Å². The summed E-state index contributed by atoms with van der Waals surface area (Å²) in [4.78, 5) is 0. The Balaban J connectivity index is 0.00000144. The van der Waals surface area contributed by atoms with Crippen LogP contribution in [0, 0.1) is 0 Å². The third-order valence-corrected chi connectivity index (χ3v) is 1.59. The van der Waals surface area contributed by atoms with Crippen LogP contribution in [0.2, 0.25) is 0 Å². The summed E-state index contributed by atoms with van der Waals surface area (Å²) in [5.74, 6) is -0.0800. The van der Waals surface area contributed by atoms with Crippen LogP contribution in [-0.2, 0) is 10.3 Å². The number of anilines is 1. The van der Waals surface area contributed by atoms with E-state index in [9.17, 15) is 8.42 Å². The SMILES string of the molecule is O=S(=O)(O)Nc1cccc(O)c1.[NaH]. The number of benzene rings is 1. The van der Waals surface area contributed by atoms with Crippen molar-refractivity contribution in [3.8, 4) is 5.75 Å². The van der Waals surface area contributed by atoms with Gasteiger partial charge in [0.1, 0.15) is 5.75 Å². The molecular weight excluding hydrogens is 205 g/mol. The molecule has 0 unspecified atom stereocenters. The molecule has 1 aromatic carbocycles. The second kappa shape index (κ2) is 4.83. The minimum atomic E-state index is -4.26.